The first-order chi connectivity index (χ1) is 39.0. The van der Waals surface area contributed by atoms with Crippen molar-refractivity contribution in [1.29, 1.82) is 0 Å². The second kappa shape index (κ2) is 29.5. The van der Waals surface area contributed by atoms with E-state index in [1.807, 2.05) is 73.7 Å². The summed E-state index contributed by atoms with van der Waals surface area (Å²) >= 11 is 0. The second-order valence-corrected chi connectivity index (χ2v) is 21.4. The lowest BCUT2D eigenvalue weighted by atomic mass is 9.91. The molecule has 3 aromatic carbocycles. The number of morpholine rings is 1. The van der Waals surface area contributed by atoms with Gasteiger partial charge in [0.2, 0.25) is 53.2 Å². The van der Waals surface area contributed by atoms with Crippen LogP contribution in [0.5, 0.6) is 0 Å². The molecule has 0 spiro atoms. The predicted octanol–water partition coefficient (Wildman–Crippen LogP) is -0.169. The van der Waals surface area contributed by atoms with Gasteiger partial charge in [-0.25, -0.2) is 0 Å². The molecule has 3 aromatic rings. The van der Waals surface area contributed by atoms with Gasteiger partial charge in [0.25, 0.3) is 0 Å². The van der Waals surface area contributed by atoms with Gasteiger partial charge in [-0.2, -0.15) is 0 Å². The lowest BCUT2D eigenvalue weighted by Gasteiger charge is -2.39. The highest BCUT2D eigenvalue weighted by Crippen LogP contribution is 2.28. The van der Waals surface area contributed by atoms with Gasteiger partial charge < -0.3 is 63.6 Å². The Balaban J connectivity index is 1.29. The molecule has 23 heteroatoms. The molecule has 7 rings (SSSR count). The standard InChI is InChI=1S/C58H79N13O10/c1-3-4-16-44(64-36(2)72)52(75)68-47-32-50(73)62-23-10-9-17-43(51(59)74)65-54(77)48-30-39-12-5-7-14-41(39)34-70(48)56(79)45(18-11-24-63-58(60)61)66-53(76)46(29-37-19-21-38(22-20-37)33-69-25-27-81-28-26-69)67-55(78)49-31-40-13-6-8-15-42(40)35-71(49)57(47)80/h5-8,12-15,19-22,43-49H,3-4,9-11,16-18,23-35H2,1-2H3,(H2,59,74)(H,62,73)(H,64,72)(H,65,77)(H,66,76)(H,67,78)(H,68,75)(H4,60,61,63)/t43-,44-,45-,46+,47-,48-,49-/m0/s1. The summed E-state index contributed by atoms with van der Waals surface area (Å²) in [5.41, 5.74) is 22.0. The molecule has 81 heavy (non-hydrogen) atoms. The van der Waals surface area contributed by atoms with Gasteiger partial charge >= 0.3 is 0 Å². The summed E-state index contributed by atoms with van der Waals surface area (Å²) in [5.74, 6) is -6.27. The highest BCUT2D eigenvalue weighted by atomic mass is 16.5. The lowest BCUT2D eigenvalue weighted by Crippen LogP contribution is -2.62. The number of ether oxygens (including phenoxy) is 1. The van der Waals surface area contributed by atoms with Crippen molar-refractivity contribution in [3.05, 3.63) is 106 Å². The van der Waals surface area contributed by atoms with Crippen molar-refractivity contribution in [3.8, 4) is 0 Å². The Morgan fingerprint density at radius 2 is 1.31 bits per heavy atom. The number of nitrogens with one attached hydrogen (secondary N) is 6. The number of fused-ring (bicyclic) bond motifs is 4. The Kier molecular flexibility index (Phi) is 22.1. The average Bonchev–Trinajstić information content (AvgIpc) is 3.51. The third-order valence-corrected chi connectivity index (χ3v) is 15.3. The summed E-state index contributed by atoms with van der Waals surface area (Å²) in [6.07, 6.45) is 1.86. The van der Waals surface area contributed by atoms with Crippen molar-refractivity contribution in [2.45, 2.75) is 153 Å². The molecule has 2 fully saturated rings. The zero-order valence-corrected chi connectivity index (χ0v) is 46.4. The average molecular weight is 1120 g/mol. The normalized spacial score (nSPS) is 23.1. The number of nitrogens with zero attached hydrogens (tertiary/aromatic N) is 4. The van der Waals surface area contributed by atoms with Gasteiger partial charge in [0, 0.05) is 72.0 Å². The van der Waals surface area contributed by atoms with E-state index in [4.69, 9.17) is 21.9 Å². The molecule has 0 aromatic heterocycles. The molecule has 4 aliphatic heterocycles. The van der Waals surface area contributed by atoms with Crippen molar-refractivity contribution >= 4 is 59.1 Å². The summed E-state index contributed by atoms with van der Waals surface area (Å²) in [6.45, 7) is 6.70. The van der Waals surface area contributed by atoms with E-state index in [1.165, 1.54) is 16.7 Å². The van der Waals surface area contributed by atoms with Crippen LogP contribution in [0.4, 0.5) is 0 Å². The number of nitrogens with two attached hydrogens (primary N) is 3. The minimum Gasteiger partial charge on any atom is -0.379 e. The number of unbranched alkanes of at least 4 members (excludes halogenated alkanes) is 1. The largest absolute Gasteiger partial charge is 0.379 e. The number of amides is 9. The Labute approximate surface area is 472 Å². The third-order valence-electron chi connectivity index (χ3n) is 15.3. The van der Waals surface area contributed by atoms with E-state index >= 15 is 19.2 Å². The lowest BCUT2D eigenvalue weighted by molar-refractivity contribution is -0.147. The number of primary amides is 1. The van der Waals surface area contributed by atoms with E-state index in [-0.39, 0.29) is 77.1 Å². The molecular formula is C58H79N13O10. The molecule has 9 amide bonds. The Bertz CT molecular complexity index is 2770. The maximum Gasteiger partial charge on any atom is 0.246 e. The number of carbonyl (C=O) groups excluding carboxylic acids is 9. The SMILES string of the molecule is CCCC[C@H](NC(C)=O)C(=O)N[C@H]1CC(=O)NCCCC[C@@H](C(N)=O)NC(=O)[C@@H]2Cc3ccccc3CN2C(=O)[C@H](CCCN=C(N)N)NC(=O)[C@@H](Cc2ccc(CN3CCOCC3)cc2)NC(=O)[C@@H]2Cc3ccccc3CN2C1=O. The van der Waals surface area contributed by atoms with Crippen molar-refractivity contribution < 1.29 is 47.9 Å². The van der Waals surface area contributed by atoms with Crippen LogP contribution in [0, 0.1) is 0 Å². The Hall–Kier alpha value is -7.92. The van der Waals surface area contributed by atoms with Crippen LogP contribution in [0.2, 0.25) is 0 Å². The van der Waals surface area contributed by atoms with Gasteiger partial charge in [0.1, 0.15) is 42.3 Å². The first kappa shape index (κ1) is 60.7. The van der Waals surface area contributed by atoms with Gasteiger partial charge in [-0.05, 0) is 71.9 Å². The maximum atomic E-state index is 15.3. The van der Waals surface area contributed by atoms with Crippen molar-refractivity contribution in [1.82, 2.24) is 46.6 Å². The minimum absolute atomic E-state index is 0.00254. The maximum absolute atomic E-state index is 15.3. The van der Waals surface area contributed by atoms with Crippen LogP contribution in [0.3, 0.4) is 0 Å². The quantitative estimate of drug-likeness (QED) is 0.0543. The fourth-order valence-electron chi connectivity index (χ4n) is 10.8. The number of hydrogen-bond acceptors (Lipinski definition) is 12. The fourth-order valence-corrected chi connectivity index (χ4v) is 10.8. The highest BCUT2D eigenvalue weighted by molar-refractivity contribution is 5.99. The van der Waals surface area contributed by atoms with Crippen LogP contribution in [-0.4, -0.2) is 156 Å². The molecule has 0 saturated carbocycles. The van der Waals surface area contributed by atoms with E-state index in [2.05, 4.69) is 41.8 Å². The van der Waals surface area contributed by atoms with E-state index < -0.39 is 102 Å². The van der Waals surface area contributed by atoms with E-state index in [1.54, 1.807) is 6.07 Å². The second-order valence-electron chi connectivity index (χ2n) is 21.4. The molecule has 23 nitrogen and oxygen atoms in total. The van der Waals surface area contributed by atoms with E-state index in [9.17, 15) is 24.0 Å². The van der Waals surface area contributed by atoms with Crippen LogP contribution in [0.25, 0.3) is 0 Å². The summed E-state index contributed by atoms with van der Waals surface area (Å²) in [5, 5.41) is 16.9. The van der Waals surface area contributed by atoms with Gasteiger partial charge in [-0.1, -0.05) is 92.6 Å². The first-order valence-electron chi connectivity index (χ1n) is 28.2. The van der Waals surface area contributed by atoms with E-state index in [0.29, 0.717) is 51.0 Å². The van der Waals surface area contributed by atoms with Gasteiger partial charge in [0.15, 0.2) is 5.96 Å². The molecule has 0 radical (unpaired) electrons. The number of rotatable bonds is 15. The van der Waals surface area contributed by atoms with Crippen LogP contribution >= 0.6 is 0 Å². The van der Waals surface area contributed by atoms with Crippen LogP contribution in [-0.2, 0) is 86.8 Å². The smallest absolute Gasteiger partial charge is 0.246 e. The van der Waals surface area contributed by atoms with Crippen molar-refractivity contribution in [2.75, 3.05) is 39.4 Å². The first-order valence-corrected chi connectivity index (χ1v) is 28.2. The summed E-state index contributed by atoms with van der Waals surface area (Å²) in [4.78, 5) is 138. The molecule has 7 atom stereocenters. The summed E-state index contributed by atoms with van der Waals surface area (Å²) < 4.78 is 5.53. The molecule has 436 valence electrons. The van der Waals surface area contributed by atoms with Crippen molar-refractivity contribution in [2.24, 2.45) is 22.2 Å². The monoisotopic (exact) mass is 1120 g/mol. The van der Waals surface area contributed by atoms with Crippen molar-refractivity contribution in [3.63, 3.8) is 0 Å². The van der Waals surface area contributed by atoms with Gasteiger partial charge in [0.05, 0.1) is 19.6 Å². The number of benzene rings is 3. The summed E-state index contributed by atoms with van der Waals surface area (Å²) in [7, 11) is 0. The number of aliphatic imine (C=N–C) groups is 1. The van der Waals surface area contributed by atoms with Gasteiger partial charge in [-0.15, -0.1) is 0 Å². The molecule has 2 saturated heterocycles. The highest BCUT2D eigenvalue weighted by Gasteiger charge is 2.43. The third kappa shape index (κ3) is 17.3. The molecule has 12 N–H and O–H groups in total. The zero-order chi connectivity index (χ0) is 58.0. The minimum atomic E-state index is -1.53. The molecule has 0 bridgehead atoms. The molecule has 4 aliphatic rings. The molecule has 4 heterocycles. The molecule has 0 aliphatic carbocycles. The van der Waals surface area contributed by atoms with Crippen LogP contribution in [0.15, 0.2) is 77.8 Å². The molecular weight excluding hydrogens is 1040 g/mol. The van der Waals surface area contributed by atoms with Crippen LogP contribution in [0.1, 0.15) is 105 Å². The zero-order valence-electron chi connectivity index (χ0n) is 46.4. The predicted molar refractivity (Wildman–Crippen MR) is 301 cm³/mol. The number of hydrogen-bond donors (Lipinski definition) is 9. The number of guanidine groups is 1. The Morgan fingerprint density at radius 1 is 0.716 bits per heavy atom. The fraction of sp³-hybridized carbons (Fsp3) is 0.517. The Morgan fingerprint density at radius 3 is 1.91 bits per heavy atom. The molecule has 0 unspecified atom stereocenters. The van der Waals surface area contributed by atoms with Crippen LogP contribution < -0.4 is 49.1 Å². The topological polar surface area (TPSA) is 335 Å². The van der Waals surface area contributed by atoms with E-state index in [0.717, 1.165) is 40.9 Å². The number of carbonyl (C=O) groups is 9. The summed E-state index contributed by atoms with van der Waals surface area (Å²) in [6, 6.07) is 13.4. The van der Waals surface area contributed by atoms with Gasteiger partial charge in [-0.3, -0.25) is 53.0 Å².